The van der Waals surface area contributed by atoms with Crippen molar-refractivity contribution in [2.75, 3.05) is 44.2 Å². The fourth-order valence-corrected chi connectivity index (χ4v) is 2.68. The first-order valence-electron chi connectivity index (χ1n) is 6.83. The molecule has 2 N–H and O–H groups in total. The standard InChI is InChI=1S/C14H21Cl2N3/c15-13-4-3-12(11-14(13)16)19-9-7-18(8-10-19)6-2-1-5-17/h3-4,11H,1-2,5-10,17H2. The van der Waals surface area contributed by atoms with Gasteiger partial charge in [-0.25, -0.2) is 0 Å². The van der Waals surface area contributed by atoms with Gasteiger partial charge in [-0.1, -0.05) is 23.2 Å². The van der Waals surface area contributed by atoms with E-state index >= 15 is 0 Å². The lowest BCUT2D eigenvalue weighted by Gasteiger charge is -2.36. The second kappa shape index (κ2) is 7.34. The highest BCUT2D eigenvalue weighted by atomic mass is 35.5. The Hall–Kier alpha value is -0.480. The van der Waals surface area contributed by atoms with Crippen molar-refractivity contribution in [2.45, 2.75) is 12.8 Å². The number of piperazine rings is 1. The number of benzene rings is 1. The molecular formula is C14H21Cl2N3. The van der Waals surface area contributed by atoms with E-state index in [0.717, 1.165) is 51.4 Å². The number of unbranched alkanes of at least 4 members (excludes halogenated alkanes) is 1. The summed E-state index contributed by atoms with van der Waals surface area (Å²) in [5, 5.41) is 1.25. The first kappa shape index (κ1) is 14.9. The van der Waals surface area contributed by atoms with Crippen LogP contribution in [-0.4, -0.2) is 44.2 Å². The Morgan fingerprint density at radius 3 is 2.37 bits per heavy atom. The normalized spacial score (nSPS) is 16.9. The van der Waals surface area contributed by atoms with Crippen LogP contribution in [0.4, 0.5) is 5.69 Å². The smallest absolute Gasteiger partial charge is 0.0612 e. The Kier molecular flexibility index (Phi) is 5.76. The highest BCUT2D eigenvalue weighted by Gasteiger charge is 2.17. The number of nitrogens with two attached hydrogens (primary N) is 1. The van der Waals surface area contributed by atoms with Crippen LogP contribution in [0.5, 0.6) is 0 Å². The largest absolute Gasteiger partial charge is 0.369 e. The van der Waals surface area contributed by atoms with E-state index in [9.17, 15) is 0 Å². The molecule has 0 saturated carbocycles. The van der Waals surface area contributed by atoms with Crippen LogP contribution in [0.3, 0.4) is 0 Å². The fraction of sp³-hybridized carbons (Fsp3) is 0.571. The van der Waals surface area contributed by atoms with Gasteiger partial charge in [0.05, 0.1) is 10.0 Å². The highest BCUT2D eigenvalue weighted by Crippen LogP contribution is 2.27. The van der Waals surface area contributed by atoms with Gasteiger partial charge in [0.2, 0.25) is 0 Å². The van der Waals surface area contributed by atoms with Crippen molar-refractivity contribution in [3.05, 3.63) is 28.2 Å². The minimum Gasteiger partial charge on any atom is -0.369 e. The SMILES string of the molecule is NCCCCN1CCN(c2ccc(Cl)c(Cl)c2)CC1. The van der Waals surface area contributed by atoms with Crippen LogP contribution in [0.15, 0.2) is 18.2 Å². The van der Waals surface area contributed by atoms with Gasteiger partial charge < -0.3 is 10.6 Å². The second-order valence-corrected chi connectivity index (χ2v) is 5.74. The molecule has 1 fully saturated rings. The minimum absolute atomic E-state index is 0.617. The third-order valence-electron chi connectivity index (χ3n) is 3.57. The van der Waals surface area contributed by atoms with E-state index in [2.05, 4.69) is 9.80 Å². The van der Waals surface area contributed by atoms with Crippen LogP contribution in [0.1, 0.15) is 12.8 Å². The fourth-order valence-electron chi connectivity index (χ4n) is 2.39. The molecular weight excluding hydrogens is 281 g/mol. The molecule has 0 aromatic heterocycles. The van der Waals surface area contributed by atoms with Crippen LogP contribution in [0, 0.1) is 0 Å². The number of anilines is 1. The lowest BCUT2D eigenvalue weighted by molar-refractivity contribution is 0.253. The number of hydrogen-bond acceptors (Lipinski definition) is 3. The third kappa shape index (κ3) is 4.25. The van der Waals surface area contributed by atoms with E-state index in [0.29, 0.717) is 10.0 Å². The maximum absolute atomic E-state index is 6.07. The van der Waals surface area contributed by atoms with Crippen LogP contribution in [-0.2, 0) is 0 Å². The summed E-state index contributed by atoms with van der Waals surface area (Å²) in [7, 11) is 0. The van der Waals surface area contributed by atoms with Crippen LogP contribution >= 0.6 is 23.2 Å². The molecule has 0 radical (unpaired) electrons. The number of hydrogen-bond donors (Lipinski definition) is 1. The molecule has 3 nitrogen and oxygen atoms in total. The summed E-state index contributed by atoms with van der Waals surface area (Å²) >= 11 is 12.0. The summed E-state index contributed by atoms with van der Waals surface area (Å²) in [6.45, 7) is 6.24. The van der Waals surface area contributed by atoms with Crippen molar-refractivity contribution in [1.29, 1.82) is 0 Å². The summed E-state index contributed by atoms with van der Waals surface area (Å²) < 4.78 is 0. The van der Waals surface area contributed by atoms with Gasteiger partial charge >= 0.3 is 0 Å². The lowest BCUT2D eigenvalue weighted by Crippen LogP contribution is -2.46. The third-order valence-corrected chi connectivity index (χ3v) is 4.31. The van der Waals surface area contributed by atoms with E-state index < -0.39 is 0 Å². The molecule has 0 atom stereocenters. The maximum Gasteiger partial charge on any atom is 0.0612 e. The van der Waals surface area contributed by atoms with Crippen molar-refractivity contribution in [3.63, 3.8) is 0 Å². The second-order valence-electron chi connectivity index (χ2n) is 4.92. The van der Waals surface area contributed by atoms with E-state index in [1.54, 1.807) is 0 Å². The van der Waals surface area contributed by atoms with Gasteiger partial charge in [-0.05, 0) is 44.1 Å². The van der Waals surface area contributed by atoms with Gasteiger partial charge in [-0.3, -0.25) is 4.90 Å². The first-order valence-corrected chi connectivity index (χ1v) is 7.58. The molecule has 0 bridgehead atoms. The van der Waals surface area contributed by atoms with Gasteiger partial charge in [0.1, 0.15) is 0 Å². The zero-order chi connectivity index (χ0) is 13.7. The number of rotatable bonds is 5. The number of halogens is 2. The van der Waals surface area contributed by atoms with Crippen LogP contribution in [0.25, 0.3) is 0 Å². The molecule has 0 unspecified atom stereocenters. The van der Waals surface area contributed by atoms with Crippen LogP contribution < -0.4 is 10.6 Å². The van der Waals surface area contributed by atoms with E-state index in [1.807, 2.05) is 18.2 Å². The molecule has 1 aliphatic rings. The van der Waals surface area contributed by atoms with E-state index in [4.69, 9.17) is 28.9 Å². The summed E-state index contributed by atoms with van der Waals surface area (Å²) in [6.07, 6.45) is 2.32. The summed E-state index contributed by atoms with van der Waals surface area (Å²) in [4.78, 5) is 4.87. The molecule has 1 aromatic rings. The molecule has 0 amide bonds. The molecule has 106 valence electrons. The zero-order valence-electron chi connectivity index (χ0n) is 11.1. The summed E-state index contributed by atoms with van der Waals surface area (Å²) in [6, 6.07) is 5.86. The van der Waals surface area contributed by atoms with Gasteiger partial charge in [0.15, 0.2) is 0 Å². The van der Waals surface area contributed by atoms with Crippen molar-refractivity contribution < 1.29 is 0 Å². The van der Waals surface area contributed by atoms with E-state index in [1.165, 1.54) is 6.42 Å². The number of nitrogens with zero attached hydrogens (tertiary/aromatic N) is 2. The van der Waals surface area contributed by atoms with Gasteiger partial charge in [-0.2, -0.15) is 0 Å². The molecule has 1 aromatic carbocycles. The van der Waals surface area contributed by atoms with Gasteiger partial charge in [0, 0.05) is 31.9 Å². The van der Waals surface area contributed by atoms with E-state index in [-0.39, 0.29) is 0 Å². The Morgan fingerprint density at radius 2 is 1.74 bits per heavy atom. The molecule has 19 heavy (non-hydrogen) atoms. The van der Waals surface area contributed by atoms with Gasteiger partial charge in [0.25, 0.3) is 0 Å². The Bertz CT molecular complexity index is 404. The highest BCUT2D eigenvalue weighted by molar-refractivity contribution is 6.42. The predicted molar refractivity (Wildman–Crippen MR) is 83.4 cm³/mol. The van der Waals surface area contributed by atoms with Crippen molar-refractivity contribution in [3.8, 4) is 0 Å². The van der Waals surface area contributed by atoms with Crippen molar-refractivity contribution in [1.82, 2.24) is 4.90 Å². The summed E-state index contributed by atoms with van der Waals surface area (Å²) in [5.74, 6) is 0. The minimum atomic E-state index is 0.617. The maximum atomic E-state index is 6.07. The average molecular weight is 302 g/mol. The summed E-state index contributed by atoms with van der Waals surface area (Å²) in [5.41, 5.74) is 6.68. The lowest BCUT2D eigenvalue weighted by atomic mass is 10.2. The predicted octanol–water partition coefficient (Wildman–Crippen LogP) is 2.85. The zero-order valence-corrected chi connectivity index (χ0v) is 12.6. The Labute approximate surface area is 125 Å². The van der Waals surface area contributed by atoms with Crippen LogP contribution in [0.2, 0.25) is 10.0 Å². The van der Waals surface area contributed by atoms with Crippen molar-refractivity contribution >= 4 is 28.9 Å². The molecule has 1 heterocycles. The van der Waals surface area contributed by atoms with Crippen molar-refractivity contribution in [2.24, 2.45) is 5.73 Å². The topological polar surface area (TPSA) is 32.5 Å². The molecule has 1 aliphatic heterocycles. The molecule has 1 saturated heterocycles. The Balaban J connectivity index is 1.84. The van der Waals surface area contributed by atoms with Gasteiger partial charge in [-0.15, -0.1) is 0 Å². The Morgan fingerprint density at radius 1 is 1.00 bits per heavy atom. The average Bonchev–Trinajstić information content (AvgIpc) is 2.43. The molecule has 5 heteroatoms. The molecule has 0 spiro atoms. The molecule has 2 rings (SSSR count). The quantitative estimate of drug-likeness (QED) is 0.849. The molecule has 0 aliphatic carbocycles. The monoisotopic (exact) mass is 301 g/mol. The first-order chi connectivity index (χ1) is 9.20.